The molecule has 0 saturated carbocycles. The number of likely N-dealkylation sites (N-methyl/N-ethyl adjacent to an activating group) is 2. The molecule has 0 spiro atoms. The van der Waals surface area contributed by atoms with E-state index in [0.29, 0.717) is 19.5 Å². The number of rotatable bonds is 4. The zero-order chi connectivity index (χ0) is 10.7. The summed E-state index contributed by atoms with van der Waals surface area (Å²) in [5.74, 6) is -0.843. The van der Waals surface area contributed by atoms with Crippen molar-refractivity contribution in [1.82, 2.24) is 9.80 Å². The van der Waals surface area contributed by atoms with E-state index in [1.54, 1.807) is 11.9 Å². The lowest BCUT2D eigenvalue weighted by atomic mass is 10.2. The normalized spacial score (nSPS) is 28.6. The maximum absolute atomic E-state index is 13.0. The molecule has 0 radical (unpaired) electrons. The Kier molecular flexibility index (Phi) is 3.83. The third-order valence-corrected chi connectivity index (χ3v) is 2.56. The monoisotopic (exact) mass is 204 g/mol. The number of carboxylic acids is 1. The second-order valence-corrected chi connectivity index (χ2v) is 4.02. The molecule has 1 saturated heterocycles. The van der Waals surface area contributed by atoms with Crippen LogP contribution in [0.2, 0.25) is 0 Å². The molecule has 5 heteroatoms. The number of aliphatic carboxylic acids is 1. The van der Waals surface area contributed by atoms with Crippen molar-refractivity contribution in [3.63, 3.8) is 0 Å². The average Bonchev–Trinajstić information content (AvgIpc) is 2.28. The molecule has 82 valence electrons. The Labute approximate surface area is 83.3 Å². The number of nitrogens with zero attached hydrogens (tertiary/aromatic N) is 2. The van der Waals surface area contributed by atoms with Gasteiger partial charge < -0.3 is 5.11 Å². The smallest absolute Gasteiger partial charge is 0.317 e. The van der Waals surface area contributed by atoms with Crippen molar-refractivity contribution < 1.29 is 14.3 Å². The summed E-state index contributed by atoms with van der Waals surface area (Å²) in [4.78, 5) is 14.1. The summed E-state index contributed by atoms with van der Waals surface area (Å²) < 4.78 is 13.0. The standard InChI is InChI=1S/C9H17FN2O2/c1-11(6-9(13)14)5-8-3-7(10)4-12(8)2/h7-8H,3-6H2,1-2H3,(H,13,14). The number of alkyl halides is 1. The van der Waals surface area contributed by atoms with Gasteiger partial charge in [-0.05, 0) is 20.5 Å². The highest BCUT2D eigenvalue weighted by molar-refractivity contribution is 5.69. The molecule has 2 unspecified atom stereocenters. The Morgan fingerprint density at radius 1 is 1.71 bits per heavy atom. The Balaban J connectivity index is 2.33. The molecule has 1 N–H and O–H groups in total. The zero-order valence-corrected chi connectivity index (χ0v) is 8.61. The Morgan fingerprint density at radius 3 is 2.79 bits per heavy atom. The van der Waals surface area contributed by atoms with E-state index in [0.717, 1.165) is 0 Å². The van der Waals surface area contributed by atoms with Gasteiger partial charge in [0, 0.05) is 19.1 Å². The zero-order valence-electron chi connectivity index (χ0n) is 8.61. The van der Waals surface area contributed by atoms with Crippen LogP contribution < -0.4 is 0 Å². The molecule has 0 bridgehead atoms. The lowest BCUT2D eigenvalue weighted by Crippen LogP contribution is -2.38. The highest BCUT2D eigenvalue weighted by atomic mass is 19.1. The van der Waals surface area contributed by atoms with Gasteiger partial charge in [0.25, 0.3) is 0 Å². The first-order chi connectivity index (χ1) is 6.49. The first-order valence-corrected chi connectivity index (χ1v) is 4.73. The van der Waals surface area contributed by atoms with E-state index in [2.05, 4.69) is 0 Å². The maximum Gasteiger partial charge on any atom is 0.317 e. The molecule has 1 rings (SSSR count). The summed E-state index contributed by atoms with van der Waals surface area (Å²) in [7, 11) is 3.62. The van der Waals surface area contributed by atoms with Crippen LogP contribution in [0.15, 0.2) is 0 Å². The molecule has 0 aliphatic carbocycles. The lowest BCUT2D eigenvalue weighted by molar-refractivity contribution is -0.138. The molecule has 1 aliphatic rings. The number of likely N-dealkylation sites (tertiary alicyclic amines) is 1. The van der Waals surface area contributed by atoms with Crippen LogP contribution in [0.3, 0.4) is 0 Å². The summed E-state index contributed by atoms with van der Waals surface area (Å²) in [5.41, 5.74) is 0. The van der Waals surface area contributed by atoms with Crippen molar-refractivity contribution in [2.75, 3.05) is 33.7 Å². The predicted molar refractivity (Wildman–Crippen MR) is 51.1 cm³/mol. The summed E-state index contributed by atoms with van der Waals surface area (Å²) >= 11 is 0. The van der Waals surface area contributed by atoms with E-state index < -0.39 is 12.1 Å². The minimum absolute atomic E-state index is 0.0152. The molecule has 1 fully saturated rings. The van der Waals surface area contributed by atoms with E-state index in [9.17, 15) is 9.18 Å². The molecular weight excluding hydrogens is 187 g/mol. The fourth-order valence-electron chi connectivity index (χ4n) is 1.88. The molecule has 2 atom stereocenters. The van der Waals surface area contributed by atoms with Gasteiger partial charge in [0.1, 0.15) is 6.17 Å². The van der Waals surface area contributed by atoms with Crippen molar-refractivity contribution in [2.24, 2.45) is 0 Å². The summed E-state index contributed by atoms with van der Waals surface area (Å²) in [6, 6.07) is 0.148. The van der Waals surface area contributed by atoms with E-state index in [1.165, 1.54) is 0 Å². The average molecular weight is 204 g/mol. The Bertz CT molecular complexity index is 213. The largest absolute Gasteiger partial charge is 0.480 e. The van der Waals surface area contributed by atoms with Gasteiger partial charge in [-0.25, -0.2) is 4.39 Å². The minimum atomic E-state index is -0.843. The molecule has 1 heterocycles. The molecule has 4 nitrogen and oxygen atoms in total. The fraction of sp³-hybridized carbons (Fsp3) is 0.889. The number of carboxylic acid groups (broad SMARTS) is 1. The highest BCUT2D eigenvalue weighted by Gasteiger charge is 2.29. The molecular formula is C9H17FN2O2. The van der Waals surface area contributed by atoms with Crippen molar-refractivity contribution in [1.29, 1.82) is 0 Å². The van der Waals surface area contributed by atoms with Crippen LogP contribution in [0.25, 0.3) is 0 Å². The van der Waals surface area contributed by atoms with Crippen LogP contribution in [-0.2, 0) is 4.79 Å². The fourth-order valence-corrected chi connectivity index (χ4v) is 1.88. The highest BCUT2D eigenvalue weighted by Crippen LogP contribution is 2.18. The first-order valence-electron chi connectivity index (χ1n) is 4.73. The topological polar surface area (TPSA) is 43.8 Å². The maximum atomic E-state index is 13.0. The van der Waals surface area contributed by atoms with Crippen molar-refractivity contribution in [2.45, 2.75) is 18.6 Å². The SMILES string of the molecule is CN(CC(=O)O)CC1CC(F)CN1C. The van der Waals surface area contributed by atoms with Crippen molar-refractivity contribution >= 4 is 5.97 Å². The van der Waals surface area contributed by atoms with E-state index in [4.69, 9.17) is 5.11 Å². The first kappa shape index (κ1) is 11.4. The summed E-state index contributed by atoms with van der Waals surface area (Å²) in [5, 5.41) is 8.55. The van der Waals surface area contributed by atoms with Gasteiger partial charge in [0.15, 0.2) is 0 Å². The predicted octanol–water partition coefficient (Wildman–Crippen LogP) is 0.0450. The number of hydrogen-bond donors (Lipinski definition) is 1. The van der Waals surface area contributed by atoms with Gasteiger partial charge in [0.05, 0.1) is 6.54 Å². The second-order valence-electron chi connectivity index (χ2n) is 4.02. The summed E-state index contributed by atoms with van der Waals surface area (Å²) in [6.45, 7) is 1.09. The van der Waals surface area contributed by atoms with Gasteiger partial charge in [-0.2, -0.15) is 0 Å². The minimum Gasteiger partial charge on any atom is -0.480 e. The lowest BCUT2D eigenvalue weighted by Gasteiger charge is -2.24. The molecule has 1 aliphatic heterocycles. The third kappa shape index (κ3) is 3.23. The van der Waals surface area contributed by atoms with Gasteiger partial charge in [-0.3, -0.25) is 14.6 Å². The van der Waals surface area contributed by atoms with Crippen LogP contribution in [0.1, 0.15) is 6.42 Å². The van der Waals surface area contributed by atoms with E-state index in [-0.39, 0.29) is 12.6 Å². The Morgan fingerprint density at radius 2 is 2.36 bits per heavy atom. The van der Waals surface area contributed by atoms with Crippen LogP contribution >= 0.6 is 0 Å². The van der Waals surface area contributed by atoms with E-state index >= 15 is 0 Å². The molecule has 0 aromatic rings. The second kappa shape index (κ2) is 4.70. The number of hydrogen-bond acceptors (Lipinski definition) is 3. The van der Waals surface area contributed by atoms with Crippen LogP contribution in [-0.4, -0.2) is 66.8 Å². The van der Waals surface area contributed by atoms with Gasteiger partial charge >= 0.3 is 5.97 Å². The van der Waals surface area contributed by atoms with Gasteiger partial charge in [-0.1, -0.05) is 0 Å². The summed E-state index contributed by atoms with van der Waals surface area (Å²) in [6.07, 6.45) is -0.247. The molecule has 14 heavy (non-hydrogen) atoms. The molecule has 0 aromatic carbocycles. The Hall–Kier alpha value is -0.680. The quantitative estimate of drug-likeness (QED) is 0.702. The van der Waals surface area contributed by atoms with Crippen LogP contribution in [0.4, 0.5) is 4.39 Å². The van der Waals surface area contributed by atoms with Gasteiger partial charge in [0.2, 0.25) is 0 Å². The van der Waals surface area contributed by atoms with Gasteiger partial charge in [-0.15, -0.1) is 0 Å². The van der Waals surface area contributed by atoms with E-state index in [1.807, 2.05) is 11.9 Å². The van der Waals surface area contributed by atoms with Crippen LogP contribution in [0, 0.1) is 0 Å². The van der Waals surface area contributed by atoms with Crippen molar-refractivity contribution in [3.05, 3.63) is 0 Å². The third-order valence-electron chi connectivity index (χ3n) is 2.56. The molecule has 0 amide bonds. The van der Waals surface area contributed by atoms with Crippen molar-refractivity contribution in [3.8, 4) is 0 Å². The number of halogens is 1. The number of carbonyl (C=O) groups is 1. The molecule has 0 aromatic heterocycles. The van der Waals surface area contributed by atoms with Crippen LogP contribution in [0.5, 0.6) is 0 Å².